The van der Waals surface area contributed by atoms with Gasteiger partial charge in [-0.15, -0.1) is 24.0 Å². The van der Waals surface area contributed by atoms with Gasteiger partial charge in [0.1, 0.15) is 6.33 Å². The van der Waals surface area contributed by atoms with Crippen LogP contribution in [0.1, 0.15) is 30.9 Å². The molecule has 1 aromatic heterocycles. The van der Waals surface area contributed by atoms with Crippen molar-refractivity contribution < 1.29 is 0 Å². The topological polar surface area (TPSA) is 81.2 Å². The van der Waals surface area contributed by atoms with Gasteiger partial charge in [-0.05, 0) is 37.0 Å². The third kappa shape index (κ3) is 7.03. The maximum absolute atomic E-state index is 4.82. The largest absolute Gasteiger partial charge is 0.357 e. The fourth-order valence-electron chi connectivity index (χ4n) is 3.92. The van der Waals surface area contributed by atoms with Crippen molar-refractivity contribution in [1.82, 2.24) is 30.7 Å². The Hall–Kier alpha value is -2.46. The molecule has 3 N–H and O–H groups in total. The molecule has 0 saturated carbocycles. The predicted molar refractivity (Wildman–Crippen MR) is 140 cm³/mol. The Morgan fingerprint density at radius 2 is 1.88 bits per heavy atom. The lowest BCUT2D eigenvalue weighted by Gasteiger charge is -2.33. The number of guanidine groups is 1. The van der Waals surface area contributed by atoms with Crippen LogP contribution in [-0.4, -0.2) is 51.7 Å². The van der Waals surface area contributed by atoms with Crippen molar-refractivity contribution in [3.05, 3.63) is 72.1 Å². The van der Waals surface area contributed by atoms with Gasteiger partial charge in [0.05, 0.1) is 6.54 Å². The van der Waals surface area contributed by atoms with Crippen LogP contribution in [0, 0.1) is 0 Å². The van der Waals surface area contributed by atoms with E-state index in [9.17, 15) is 0 Å². The van der Waals surface area contributed by atoms with Crippen LogP contribution >= 0.6 is 24.0 Å². The van der Waals surface area contributed by atoms with E-state index in [-0.39, 0.29) is 24.0 Å². The molecule has 2 heterocycles. The maximum atomic E-state index is 4.82. The van der Waals surface area contributed by atoms with Gasteiger partial charge >= 0.3 is 0 Å². The number of rotatable bonds is 7. The number of aliphatic imine (C=N–C) groups is 1. The SMILES string of the molecule is CCNC(=NCc1cccc(-c2ncn[nH]2)c1)NC1CCN(Cc2ccccc2)CC1.I. The van der Waals surface area contributed by atoms with E-state index in [4.69, 9.17) is 4.99 Å². The normalized spacial score (nSPS) is 15.2. The summed E-state index contributed by atoms with van der Waals surface area (Å²) in [6.45, 7) is 6.80. The first kappa shape index (κ1) is 24.2. The van der Waals surface area contributed by atoms with E-state index in [1.165, 1.54) is 11.9 Å². The lowest BCUT2D eigenvalue weighted by molar-refractivity contribution is 0.198. The van der Waals surface area contributed by atoms with Gasteiger partial charge in [-0.25, -0.2) is 9.98 Å². The number of nitrogens with one attached hydrogen (secondary N) is 3. The number of hydrogen-bond acceptors (Lipinski definition) is 4. The summed E-state index contributed by atoms with van der Waals surface area (Å²) < 4.78 is 0. The van der Waals surface area contributed by atoms with Crippen molar-refractivity contribution in [3.63, 3.8) is 0 Å². The summed E-state index contributed by atoms with van der Waals surface area (Å²) in [5.41, 5.74) is 3.55. The third-order valence-electron chi connectivity index (χ3n) is 5.56. The average Bonchev–Trinajstić information content (AvgIpc) is 3.35. The molecule has 4 rings (SSSR count). The fourth-order valence-corrected chi connectivity index (χ4v) is 3.92. The van der Waals surface area contributed by atoms with Crippen molar-refractivity contribution in [2.45, 2.75) is 38.9 Å². The minimum Gasteiger partial charge on any atom is -0.357 e. The van der Waals surface area contributed by atoms with Gasteiger partial charge in [-0.2, -0.15) is 5.10 Å². The smallest absolute Gasteiger partial charge is 0.191 e. The van der Waals surface area contributed by atoms with Gasteiger partial charge in [0, 0.05) is 37.8 Å². The molecule has 0 aliphatic carbocycles. The second-order valence-corrected chi connectivity index (χ2v) is 7.91. The van der Waals surface area contributed by atoms with Crippen LogP contribution in [0.5, 0.6) is 0 Å². The number of piperidine rings is 1. The molecule has 2 aromatic carbocycles. The lowest BCUT2D eigenvalue weighted by Crippen LogP contribution is -2.48. The first-order valence-corrected chi connectivity index (χ1v) is 11.1. The van der Waals surface area contributed by atoms with Crippen LogP contribution in [0.25, 0.3) is 11.4 Å². The summed E-state index contributed by atoms with van der Waals surface area (Å²) in [4.78, 5) is 11.6. The second-order valence-electron chi connectivity index (χ2n) is 7.91. The Bertz CT molecular complexity index is 951. The minimum atomic E-state index is 0. The number of aromatic amines is 1. The van der Waals surface area contributed by atoms with Gasteiger partial charge in [0.15, 0.2) is 11.8 Å². The molecule has 0 unspecified atom stereocenters. The van der Waals surface area contributed by atoms with E-state index < -0.39 is 0 Å². The highest BCUT2D eigenvalue weighted by atomic mass is 127. The molecular weight excluding hydrogens is 513 g/mol. The summed E-state index contributed by atoms with van der Waals surface area (Å²) in [5, 5.41) is 13.9. The molecule has 1 saturated heterocycles. The zero-order valence-corrected chi connectivity index (χ0v) is 20.8. The lowest BCUT2D eigenvalue weighted by atomic mass is 10.0. The molecule has 0 bridgehead atoms. The molecule has 1 fully saturated rings. The highest BCUT2D eigenvalue weighted by Crippen LogP contribution is 2.16. The second kappa shape index (κ2) is 12.5. The summed E-state index contributed by atoms with van der Waals surface area (Å²) >= 11 is 0. The van der Waals surface area contributed by atoms with Gasteiger partial charge in [0.2, 0.25) is 0 Å². The van der Waals surface area contributed by atoms with Gasteiger partial charge in [0.25, 0.3) is 0 Å². The molecule has 8 heteroatoms. The Morgan fingerprint density at radius 1 is 1.09 bits per heavy atom. The van der Waals surface area contributed by atoms with E-state index in [1.54, 1.807) is 0 Å². The van der Waals surface area contributed by atoms with Crippen LogP contribution in [0.15, 0.2) is 65.9 Å². The number of hydrogen-bond donors (Lipinski definition) is 3. The third-order valence-corrected chi connectivity index (χ3v) is 5.56. The van der Waals surface area contributed by atoms with Crippen molar-refractivity contribution in [2.75, 3.05) is 19.6 Å². The molecule has 170 valence electrons. The van der Waals surface area contributed by atoms with Crippen LogP contribution in [-0.2, 0) is 13.1 Å². The molecule has 7 nitrogen and oxygen atoms in total. The van der Waals surface area contributed by atoms with Crippen molar-refractivity contribution in [1.29, 1.82) is 0 Å². The van der Waals surface area contributed by atoms with Crippen LogP contribution in [0.4, 0.5) is 0 Å². The standard InChI is InChI=1S/C24H31N7.HI/c1-2-25-24(26-16-20-9-6-10-21(15-20)23-27-18-28-30-23)29-22-11-13-31(14-12-22)17-19-7-4-3-5-8-19;/h3-10,15,18,22H,2,11-14,16-17H2,1H3,(H2,25,26,29)(H,27,28,30);1H. The maximum Gasteiger partial charge on any atom is 0.191 e. The van der Waals surface area contributed by atoms with Crippen LogP contribution in [0.2, 0.25) is 0 Å². The van der Waals surface area contributed by atoms with E-state index >= 15 is 0 Å². The zero-order valence-electron chi connectivity index (χ0n) is 18.5. The number of likely N-dealkylation sites (tertiary alicyclic amines) is 1. The predicted octanol–water partition coefficient (Wildman–Crippen LogP) is 3.81. The van der Waals surface area contributed by atoms with Crippen molar-refractivity contribution >= 4 is 29.9 Å². The van der Waals surface area contributed by atoms with Crippen LogP contribution < -0.4 is 10.6 Å². The molecule has 0 atom stereocenters. The van der Waals surface area contributed by atoms with Gasteiger partial charge in [-0.3, -0.25) is 10.00 Å². The average molecular weight is 545 g/mol. The zero-order chi connectivity index (χ0) is 21.3. The highest BCUT2D eigenvalue weighted by molar-refractivity contribution is 14.0. The molecule has 0 radical (unpaired) electrons. The Labute approximate surface area is 207 Å². The number of halogens is 1. The van der Waals surface area contributed by atoms with Gasteiger partial charge < -0.3 is 10.6 Å². The molecule has 0 amide bonds. The first-order valence-electron chi connectivity index (χ1n) is 11.1. The number of H-pyrrole nitrogens is 1. The first-order chi connectivity index (χ1) is 15.3. The molecule has 1 aliphatic rings. The summed E-state index contributed by atoms with van der Waals surface area (Å²) in [6.07, 6.45) is 3.77. The summed E-state index contributed by atoms with van der Waals surface area (Å²) in [7, 11) is 0. The monoisotopic (exact) mass is 545 g/mol. The van der Waals surface area contributed by atoms with Gasteiger partial charge in [-0.1, -0.05) is 48.5 Å². The van der Waals surface area contributed by atoms with Crippen molar-refractivity contribution in [3.8, 4) is 11.4 Å². The van der Waals surface area contributed by atoms with E-state index in [0.29, 0.717) is 12.6 Å². The Balaban J connectivity index is 0.00000289. The Kier molecular flexibility index (Phi) is 9.48. The molecule has 0 spiro atoms. The van der Waals surface area contributed by atoms with E-state index in [2.05, 4.69) is 80.1 Å². The molecule has 32 heavy (non-hydrogen) atoms. The number of benzene rings is 2. The van der Waals surface area contributed by atoms with E-state index in [1.807, 2.05) is 12.1 Å². The Morgan fingerprint density at radius 3 is 2.59 bits per heavy atom. The quantitative estimate of drug-likeness (QED) is 0.239. The summed E-state index contributed by atoms with van der Waals surface area (Å²) in [5.74, 6) is 1.66. The van der Waals surface area contributed by atoms with E-state index in [0.717, 1.165) is 61.9 Å². The number of nitrogens with zero attached hydrogens (tertiary/aromatic N) is 4. The summed E-state index contributed by atoms with van der Waals surface area (Å²) in [6, 6.07) is 19.4. The minimum absolute atomic E-state index is 0. The molecule has 1 aliphatic heterocycles. The molecule has 3 aromatic rings. The molecular formula is C24H32IN7. The fraction of sp³-hybridized carbons (Fsp3) is 0.375. The van der Waals surface area contributed by atoms with Crippen molar-refractivity contribution in [2.24, 2.45) is 4.99 Å². The number of aromatic nitrogens is 3. The van der Waals surface area contributed by atoms with Crippen LogP contribution in [0.3, 0.4) is 0 Å². The highest BCUT2D eigenvalue weighted by Gasteiger charge is 2.20.